The van der Waals surface area contributed by atoms with E-state index in [9.17, 15) is 69.3 Å². The lowest BCUT2D eigenvalue weighted by molar-refractivity contribution is -0.929. The van der Waals surface area contributed by atoms with Gasteiger partial charge in [0.15, 0.2) is 0 Å². The van der Waals surface area contributed by atoms with Crippen LogP contribution in [0, 0.1) is 0 Å². The summed E-state index contributed by atoms with van der Waals surface area (Å²) in [5.41, 5.74) is 0. The molecule has 3 unspecified atom stereocenters. The van der Waals surface area contributed by atoms with Crippen molar-refractivity contribution in [3.63, 3.8) is 0 Å². The van der Waals surface area contributed by atoms with Crippen LogP contribution in [-0.2, 0) is 54.5 Å². The predicted molar refractivity (Wildman–Crippen MR) is 474 cm³/mol. The molecule has 0 saturated heterocycles. The summed E-state index contributed by atoms with van der Waals surface area (Å²) in [4.78, 5) is 0. The van der Waals surface area contributed by atoms with Crippen molar-refractivity contribution in [2.24, 2.45) is 0 Å². The Bertz CT molecular complexity index is 2350. The van der Waals surface area contributed by atoms with Crippen molar-refractivity contribution in [2.75, 3.05) is 328 Å². The fourth-order valence-corrected chi connectivity index (χ4v) is 20.8. The molecule has 0 aromatic carbocycles. The highest BCUT2D eigenvalue weighted by Gasteiger charge is 2.46. The second kappa shape index (κ2) is 61.3. The Morgan fingerprint density at radius 3 is 0.371 bits per heavy atom. The first-order valence-corrected chi connectivity index (χ1v) is 50.7. The molecule has 0 aliphatic carbocycles. The summed E-state index contributed by atoms with van der Waals surface area (Å²) in [7, 11) is -13.4. The van der Waals surface area contributed by atoms with Gasteiger partial charge in [0.2, 0.25) is 0 Å². The van der Waals surface area contributed by atoms with Gasteiger partial charge >= 0.3 is 30.4 Å². The molecule has 0 radical (unpaired) electrons. The van der Waals surface area contributed by atoms with Gasteiger partial charge in [-0.05, 0) is 179 Å². The third-order valence-corrected chi connectivity index (χ3v) is 35.8. The number of aliphatic hydroxyl groups is 10. The molecule has 0 amide bonds. The van der Waals surface area contributed by atoms with Crippen LogP contribution in [-0.4, -0.2) is 436 Å². The molecule has 3 atom stereocenters. The van der Waals surface area contributed by atoms with E-state index < -0.39 is 51.0 Å². The molecule has 0 bridgehead atoms. The average Bonchev–Trinajstić information content (AvgIpc) is 0.825. The van der Waals surface area contributed by atoms with Gasteiger partial charge in [-0.15, -0.1) is 0 Å². The van der Waals surface area contributed by atoms with Crippen LogP contribution < -0.4 is 0 Å². The van der Waals surface area contributed by atoms with Gasteiger partial charge in [0.1, 0.15) is 171 Å². The Balaban J connectivity index is -0.000000723. The van der Waals surface area contributed by atoms with Crippen LogP contribution in [0.5, 0.6) is 0 Å². The molecule has 0 fully saturated rings. The monoisotopic (exact) mass is 1770 g/mol. The normalized spacial score (nSPS) is 15.1. The van der Waals surface area contributed by atoms with E-state index in [0.29, 0.717) is 132 Å². The summed E-state index contributed by atoms with van der Waals surface area (Å²) in [5.74, 6) is 0. The molecular weight excluding hydrogens is 1570 g/mol. The number of aliphatic hydroxyl groups excluding tert-OH is 10. The lowest BCUT2D eigenvalue weighted by Gasteiger charge is -2.39. The number of hydrogen-bond acceptors (Lipinski definition) is 22. The second-order valence-electron chi connectivity index (χ2n) is 35.6. The molecule has 0 aromatic rings. The quantitative estimate of drug-likeness (QED) is 0.0200. The van der Waals surface area contributed by atoms with E-state index in [1.165, 1.54) is 0 Å². The lowest BCUT2D eigenvalue weighted by Crippen LogP contribution is -2.55. The molecule has 0 saturated carbocycles. The smallest absolute Gasteiger partial charge is 0.336 e. The van der Waals surface area contributed by atoms with Crippen LogP contribution in [0.4, 0.5) is 0 Å². The van der Waals surface area contributed by atoms with Crippen molar-refractivity contribution in [2.45, 2.75) is 213 Å². The summed E-state index contributed by atoms with van der Waals surface area (Å²) in [5, 5.41) is 91.9. The number of rotatable bonds is 68. The van der Waals surface area contributed by atoms with Crippen molar-refractivity contribution < 1.29 is 141 Å². The highest BCUT2D eigenvalue weighted by atomic mass is 31.2. The maximum absolute atomic E-state index is 13.6. The molecule has 34 heteroatoms. The van der Waals surface area contributed by atoms with Gasteiger partial charge < -0.3 is 123 Å². The summed E-state index contributed by atoms with van der Waals surface area (Å²) < 4.78 is 107. The number of quaternary nitrogens is 8. The van der Waals surface area contributed by atoms with Crippen LogP contribution in [0.2, 0.25) is 0 Å². The van der Waals surface area contributed by atoms with Gasteiger partial charge in [-0.25, -0.2) is 0 Å². The number of likely N-dealkylation sites (N-methyl/N-ethyl adjacent to an activating group) is 4. The van der Waals surface area contributed by atoms with Crippen LogP contribution in [0.3, 0.4) is 0 Å². The first kappa shape index (κ1) is 122. The highest BCUT2D eigenvalue weighted by molar-refractivity contribution is 7.56. The Morgan fingerprint density at radius 2 is 0.284 bits per heavy atom. The molecule has 116 heavy (non-hydrogen) atoms. The minimum atomic E-state index is -3.52. The van der Waals surface area contributed by atoms with Crippen LogP contribution >= 0.6 is 30.4 Å². The molecular formula is C82H192N8O22P4+8. The second-order valence-corrected chi connectivity index (χ2v) is 47.0. The van der Waals surface area contributed by atoms with Crippen LogP contribution in [0.15, 0.2) is 0 Å². The Labute approximate surface area is 710 Å². The van der Waals surface area contributed by atoms with Gasteiger partial charge in [0.05, 0.1) is 178 Å². The molecule has 10 N–H and O–H groups in total. The van der Waals surface area contributed by atoms with E-state index in [4.69, 9.17) is 36.2 Å². The maximum atomic E-state index is 13.6. The van der Waals surface area contributed by atoms with Gasteiger partial charge in [0.25, 0.3) is 0 Å². The molecule has 0 aliphatic heterocycles. The topological polar surface area (TPSA) is 344 Å². The van der Waals surface area contributed by atoms with E-state index in [-0.39, 0.29) is 97.0 Å². The number of hydrogen-bond donors (Lipinski definition) is 10. The Morgan fingerprint density at radius 1 is 0.181 bits per heavy atom. The fourth-order valence-electron chi connectivity index (χ4n) is 14.9. The molecule has 0 heterocycles. The highest BCUT2D eigenvalue weighted by Crippen LogP contribution is 2.62. The molecule has 0 aliphatic rings. The van der Waals surface area contributed by atoms with E-state index in [0.717, 1.165) is 149 Å². The predicted octanol–water partition coefficient (Wildman–Crippen LogP) is 9.56. The molecule has 30 nitrogen and oxygen atoms in total. The standard InChI is InChI=1S/C21H49N2O8P.C21H49N2O5P.C20H47N2O6P.C20H47N2O3P/c1-5-6-22(7-14-24,8-15-25)12-19-30-32(29,21(2,3)4)31-20-13-23(9-16-26,10-17-27)11-18-28;1-8-12-23(13-17-24,14-18-25)16-20-28-29(26,21(5,6)7)27-19-15-22(9-2,10-3)11-4;1-7-21(8-2,9-3)13-18-27-29(26,20(4,5)6)28-19-14-22(10-15-23,11-16-24)12-17-25;1-10-21(11-2,12-3)16-18-24-26(23,20(7,8)9)25-19-17-22(13-4,14-5)15-6/h24-28H,5-20H2,1-4H3;24-25H,8-20H2,1-7H3;23-25H,7-19H2,1-6H3;10-19H2,1-9H3/q4*+2. The Kier molecular flexibility index (Phi) is 64.6. The first-order chi connectivity index (χ1) is 54.1. The van der Waals surface area contributed by atoms with Crippen molar-refractivity contribution in [1.29, 1.82) is 0 Å². The largest absolute Gasteiger partial charge is 0.391 e. The zero-order valence-electron chi connectivity index (χ0n) is 79.5. The van der Waals surface area contributed by atoms with Gasteiger partial charge in [-0.2, -0.15) is 0 Å². The van der Waals surface area contributed by atoms with E-state index in [1.54, 1.807) is 20.8 Å². The molecule has 0 aromatic heterocycles. The third kappa shape index (κ3) is 42.9. The van der Waals surface area contributed by atoms with Crippen molar-refractivity contribution in [3.8, 4) is 0 Å². The molecule has 704 valence electrons. The Hall–Kier alpha value is -0.120. The molecule has 0 rings (SSSR count). The van der Waals surface area contributed by atoms with E-state index in [1.807, 2.05) is 69.2 Å². The zero-order valence-corrected chi connectivity index (χ0v) is 83.1. The SMILES string of the molecule is CCC[N+](CCO)(CCO)CCOP(=O)(OCC[N+](CC)(CC)CC)C(C)(C)C.CCC[N+](CCO)(CCO)CCOP(=O)(OCC[N+](CCO)(CCO)CCO)C(C)(C)C.CC[N+](CC)(CC)CCOP(=O)(OCC[N+](CC)(CC)CC)C(C)(C)C.CC[N+](CC)(CC)CCOP(=O)(OCC[N+](CCO)(CCO)CCO)C(C)(C)C. The van der Waals surface area contributed by atoms with Crippen molar-refractivity contribution in [1.82, 2.24) is 0 Å². The van der Waals surface area contributed by atoms with Crippen molar-refractivity contribution >= 4 is 30.4 Å². The summed E-state index contributed by atoms with van der Waals surface area (Å²) >= 11 is 0. The third-order valence-electron chi connectivity index (χ3n) is 25.1. The van der Waals surface area contributed by atoms with Crippen LogP contribution in [0.25, 0.3) is 0 Å². The summed E-state index contributed by atoms with van der Waals surface area (Å²) in [6.07, 6.45) is 1.83. The minimum absolute atomic E-state index is 0.00595. The maximum Gasteiger partial charge on any atom is 0.336 e. The van der Waals surface area contributed by atoms with Gasteiger partial charge in [-0.1, -0.05) is 13.8 Å². The summed E-state index contributed by atoms with van der Waals surface area (Å²) in [6.45, 7) is 78.7. The minimum Gasteiger partial charge on any atom is -0.391 e. The van der Waals surface area contributed by atoms with Crippen molar-refractivity contribution in [3.05, 3.63) is 0 Å². The lowest BCUT2D eigenvalue weighted by atomic mass is 10.3. The number of nitrogens with zero attached hydrogens (tertiary/aromatic N) is 8. The van der Waals surface area contributed by atoms with E-state index >= 15 is 0 Å². The van der Waals surface area contributed by atoms with Crippen LogP contribution in [0.1, 0.15) is 193 Å². The average molecular weight is 1770 g/mol. The van der Waals surface area contributed by atoms with E-state index in [2.05, 4.69) is 90.0 Å². The summed E-state index contributed by atoms with van der Waals surface area (Å²) in [6, 6.07) is 0. The molecule has 0 spiro atoms. The van der Waals surface area contributed by atoms with Gasteiger partial charge in [-0.3, -0.25) is 18.3 Å². The first-order valence-electron chi connectivity index (χ1n) is 44.6. The zero-order chi connectivity index (χ0) is 90.4. The van der Waals surface area contributed by atoms with Gasteiger partial charge in [0, 0.05) is 0 Å². The fraction of sp³-hybridized carbons (Fsp3) is 1.00.